The fraction of sp³-hybridized carbons (Fsp3) is 0.118. The van der Waals surface area contributed by atoms with Crippen LogP contribution in [0.25, 0.3) is 10.9 Å². The molecular formula is C17H15N3O3. The molecule has 23 heavy (non-hydrogen) atoms. The highest BCUT2D eigenvalue weighted by atomic mass is 16.2. The molecule has 0 unspecified atom stereocenters. The number of hydrogen-bond donors (Lipinski definition) is 2. The van der Waals surface area contributed by atoms with Gasteiger partial charge in [-0.2, -0.15) is 0 Å². The minimum absolute atomic E-state index is 0.197. The van der Waals surface area contributed by atoms with Crippen LogP contribution in [-0.4, -0.2) is 22.5 Å². The first-order chi connectivity index (χ1) is 11.1. The van der Waals surface area contributed by atoms with Gasteiger partial charge in [-0.1, -0.05) is 30.3 Å². The fourth-order valence-electron chi connectivity index (χ4n) is 2.45. The van der Waals surface area contributed by atoms with Gasteiger partial charge in [0.1, 0.15) is 0 Å². The van der Waals surface area contributed by atoms with Crippen molar-refractivity contribution in [3.8, 4) is 0 Å². The molecule has 0 atom stereocenters. The Balaban J connectivity index is 2.13. The maximum absolute atomic E-state index is 12.5. The molecule has 0 fully saturated rings. The number of carbonyl (C=O) groups excluding carboxylic acids is 1. The lowest BCUT2D eigenvalue weighted by Crippen LogP contribution is -2.35. The Bertz CT molecular complexity index is 987. The van der Waals surface area contributed by atoms with E-state index in [1.54, 1.807) is 12.1 Å². The van der Waals surface area contributed by atoms with Crippen molar-refractivity contribution in [3.05, 3.63) is 80.5 Å². The van der Waals surface area contributed by atoms with Gasteiger partial charge < -0.3 is 10.3 Å². The normalized spacial score (nSPS) is 10.7. The molecule has 0 saturated carbocycles. The van der Waals surface area contributed by atoms with Crippen LogP contribution in [0.1, 0.15) is 15.9 Å². The summed E-state index contributed by atoms with van der Waals surface area (Å²) in [5.41, 5.74) is 0.721. The number of rotatable bonds is 3. The molecule has 0 saturated heterocycles. The summed E-state index contributed by atoms with van der Waals surface area (Å²) in [6.07, 6.45) is 0. The highest BCUT2D eigenvalue weighted by Gasteiger charge is 2.10. The first-order valence-corrected chi connectivity index (χ1v) is 7.13. The van der Waals surface area contributed by atoms with E-state index >= 15 is 0 Å². The third kappa shape index (κ3) is 2.78. The number of amides is 1. The van der Waals surface area contributed by atoms with Gasteiger partial charge in [0.25, 0.3) is 11.5 Å². The quantitative estimate of drug-likeness (QED) is 0.760. The van der Waals surface area contributed by atoms with Crippen LogP contribution in [0.5, 0.6) is 0 Å². The van der Waals surface area contributed by atoms with Gasteiger partial charge in [0, 0.05) is 12.6 Å². The molecule has 0 aliphatic carbocycles. The lowest BCUT2D eigenvalue weighted by atomic mass is 10.1. The molecule has 2 N–H and O–H groups in total. The number of H-pyrrole nitrogens is 1. The number of benzene rings is 2. The van der Waals surface area contributed by atoms with Crippen LogP contribution in [-0.2, 0) is 6.54 Å². The van der Waals surface area contributed by atoms with Gasteiger partial charge in [0.15, 0.2) is 0 Å². The van der Waals surface area contributed by atoms with Crippen molar-refractivity contribution in [3.63, 3.8) is 0 Å². The van der Waals surface area contributed by atoms with Gasteiger partial charge in [-0.25, -0.2) is 4.79 Å². The minimum Gasteiger partial charge on any atom is -0.355 e. The monoisotopic (exact) mass is 309 g/mol. The van der Waals surface area contributed by atoms with Crippen LogP contribution < -0.4 is 16.6 Å². The molecule has 0 bridgehead atoms. The summed E-state index contributed by atoms with van der Waals surface area (Å²) in [5, 5.41) is 2.87. The Kier molecular flexibility index (Phi) is 3.80. The first-order valence-electron chi connectivity index (χ1n) is 7.13. The molecule has 0 aliphatic heterocycles. The van der Waals surface area contributed by atoms with Crippen molar-refractivity contribution in [2.75, 3.05) is 7.05 Å². The second-order valence-corrected chi connectivity index (χ2v) is 5.15. The molecule has 6 nitrogen and oxygen atoms in total. The van der Waals surface area contributed by atoms with E-state index in [2.05, 4.69) is 10.3 Å². The van der Waals surface area contributed by atoms with E-state index in [0.29, 0.717) is 16.5 Å². The molecule has 6 heteroatoms. The maximum Gasteiger partial charge on any atom is 0.329 e. The zero-order valence-electron chi connectivity index (χ0n) is 12.5. The van der Waals surface area contributed by atoms with Crippen molar-refractivity contribution >= 4 is 16.8 Å². The summed E-state index contributed by atoms with van der Waals surface area (Å²) in [6.45, 7) is 0.197. The Hall–Kier alpha value is -3.15. The third-order valence-electron chi connectivity index (χ3n) is 3.65. The van der Waals surface area contributed by atoms with Gasteiger partial charge in [-0.05, 0) is 23.8 Å². The standard InChI is InChI=1S/C17H15N3O3/c1-18-15(21)12-7-8-13-14(9-12)19-17(23)20(16(13)22)10-11-5-3-2-4-6-11/h2-9H,10H2,1H3,(H,18,21)(H,19,23). The van der Waals surface area contributed by atoms with Crippen molar-refractivity contribution < 1.29 is 4.79 Å². The van der Waals surface area contributed by atoms with Crippen LogP contribution in [0.3, 0.4) is 0 Å². The molecule has 116 valence electrons. The zero-order chi connectivity index (χ0) is 16.4. The summed E-state index contributed by atoms with van der Waals surface area (Å²) >= 11 is 0. The summed E-state index contributed by atoms with van der Waals surface area (Å²) in [7, 11) is 1.52. The molecule has 0 aliphatic rings. The summed E-state index contributed by atoms with van der Waals surface area (Å²) < 4.78 is 1.15. The largest absolute Gasteiger partial charge is 0.355 e. The van der Waals surface area contributed by atoms with Crippen LogP contribution in [0.4, 0.5) is 0 Å². The highest BCUT2D eigenvalue weighted by molar-refractivity contribution is 5.97. The number of hydrogen-bond acceptors (Lipinski definition) is 3. The van der Waals surface area contributed by atoms with Crippen LogP contribution in [0, 0.1) is 0 Å². The lowest BCUT2D eigenvalue weighted by molar-refractivity contribution is 0.0963. The van der Waals surface area contributed by atoms with Crippen molar-refractivity contribution in [2.45, 2.75) is 6.54 Å². The first kappa shape index (κ1) is 14.8. The van der Waals surface area contributed by atoms with E-state index < -0.39 is 5.69 Å². The Morgan fingerprint density at radius 2 is 1.87 bits per heavy atom. The van der Waals surface area contributed by atoms with Crippen LogP contribution in [0.2, 0.25) is 0 Å². The average Bonchev–Trinajstić information content (AvgIpc) is 2.58. The predicted molar refractivity (Wildman–Crippen MR) is 87.8 cm³/mol. The lowest BCUT2D eigenvalue weighted by Gasteiger charge is -2.07. The predicted octanol–water partition coefficient (Wildman–Crippen LogP) is 1.10. The number of aromatic amines is 1. The fourth-order valence-corrected chi connectivity index (χ4v) is 2.45. The molecule has 3 aromatic rings. The summed E-state index contributed by atoms with van der Waals surface area (Å²) in [6, 6.07) is 13.9. The second kappa shape index (κ2) is 5.92. The summed E-state index contributed by atoms with van der Waals surface area (Å²) in [5.74, 6) is -0.277. The number of fused-ring (bicyclic) bond motifs is 1. The molecule has 2 aromatic carbocycles. The van der Waals surface area contributed by atoms with E-state index in [0.717, 1.165) is 10.1 Å². The maximum atomic E-state index is 12.5. The minimum atomic E-state index is -0.500. The van der Waals surface area contributed by atoms with Gasteiger partial charge in [0.05, 0.1) is 17.4 Å². The van der Waals surface area contributed by atoms with E-state index in [1.165, 1.54) is 13.1 Å². The van der Waals surface area contributed by atoms with E-state index in [9.17, 15) is 14.4 Å². The molecule has 1 heterocycles. The number of nitrogens with one attached hydrogen (secondary N) is 2. The molecule has 0 radical (unpaired) electrons. The topological polar surface area (TPSA) is 84.0 Å². The van der Waals surface area contributed by atoms with E-state index in [1.807, 2.05) is 30.3 Å². The van der Waals surface area contributed by atoms with E-state index in [4.69, 9.17) is 0 Å². The molecule has 1 aromatic heterocycles. The van der Waals surface area contributed by atoms with Crippen LogP contribution >= 0.6 is 0 Å². The highest BCUT2D eigenvalue weighted by Crippen LogP contribution is 2.09. The van der Waals surface area contributed by atoms with Crippen molar-refractivity contribution in [2.24, 2.45) is 0 Å². The Labute approximate surface area is 131 Å². The van der Waals surface area contributed by atoms with Gasteiger partial charge >= 0.3 is 5.69 Å². The molecule has 0 spiro atoms. The van der Waals surface area contributed by atoms with Crippen molar-refractivity contribution in [1.82, 2.24) is 14.9 Å². The van der Waals surface area contributed by atoms with Gasteiger partial charge in [0.2, 0.25) is 0 Å². The molecule has 1 amide bonds. The number of aromatic nitrogens is 2. The molecule has 3 rings (SSSR count). The molecular weight excluding hydrogens is 294 g/mol. The second-order valence-electron chi connectivity index (χ2n) is 5.15. The Morgan fingerprint density at radius 1 is 1.13 bits per heavy atom. The van der Waals surface area contributed by atoms with Crippen LogP contribution in [0.15, 0.2) is 58.1 Å². The number of nitrogens with zero attached hydrogens (tertiary/aromatic N) is 1. The van der Waals surface area contributed by atoms with Gasteiger partial charge in [-0.15, -0.1) is 0 Å². The number of carbonyl (C=O) groups is 1. The Morgan fingerprint density at radius 3 is 2.57 bits per heavy atom. The smallest absolute Gasteiger partial charge is 0.329 e. The SMILES string of the molecule is CNC(=O)c1ccc2c(=O)n(Cc3ccccc3)c(=O)[nH]c2c1. The van der Waals surface area contributed by atoms with Crippen molar-refractivity contribution in [1.29, 1.82) is 0 Å². The van der Waals surface area contributed by atoms with E-state index in [-0.39, 0.29) is 18.0 Å². The van der Waals surface area contributed by atoms with Gasteiger partial charge in [-0.3, -0.25) is 14.2 Å². The third-order valence-corrected chi connectivity index (χ3v) is 3.65. The zero-order valence-corrected chi connectivity index (χ0v) is 12.5. The summed E-state index contributed by atoms with van der Waals surface area (Å²) in [4.78, 5) is 39.1. The average molecular weight is 309 g/mol.